The Bertz CT molecular complexity index is 142. The van der Waals surface area contributed by atoms with Crippen molar-refractivity contribution in [1.82, 2.24) is 0 Å². The molecular formula is C13H26FN. The Morgan fingerprint density at radius 3 is 1.33 bits per heavy atom. The van der Waals surface area contributed by atoms with E-state index < -0.39 is 0 Å². The van der Waals surface area contributed by atoms with E-state index in [1.165, 1.54) is 64.2 Å². The van der Waals surface area contributed by atoms with Gasteiger partial charge in [-0.05, 0) is 37.5 Å². The average molecular weight is 215 g/mol. The third kappa shape index (κ3) is 3.44. The first-order valence-electron chi connectivity index (χ1n) is 6.63. The van der Waals surface area contributed by atoms with E-state index in [1.54, 1.807) is 0 Å². The third-order valence-electron chi connectivity index (χ3n) is 4.39. The Kier molecular flexibility index (Phi) is 5.59. The first-order valence-corrected chi connectivity index (χ1v) is 6.63. The maximum atomic E-state index is 6.42. The second-order valence-electron chi connectivity index (χ2n) is 5.37. The van der Waals surface area contributed by atoms with Gasteiger partial charge in [-0.1, -0.05) is 38.5 Å². The second kappa shape index (κ2) is 6.47. The fourth-order valence-electron chi connectivity index (χ4n) is 3.42. The minimum atomic E-state index is 0. The van der Waals surface area contributed by atoms with Crippen molar-refractivity contribution in [1.29, 1.82) is 0 Å². The molecule has 0 aromatic carbocycles. The van der Waals surface area contributed by atoms with E-state index in [-0.39, 0.29) is 4.70 Å². The number of rotatable bonds is 2. The zero-order valence-electron chi connectivity index (χ0n) is 9.79. The van der Waals surface area contributed by atoms with Gasteiger partial charge in [-0.2, -0.15) is 0 Å². The van der Waals surface area contributed by atoms with E-state index in [0.717, 1.165) is 11.8 Å². The summed E-state index contributed by atoms with van der Waals surface area (Å²) in [5.74, 6) is 1.73. The molecule has 0 aliphatic heterocycles. The van der Waals surface area contributed by atoms with Crippen LogP contribution >= 0.6 is 0 Å². The lowest BCUT2D eigenvalue weighted by molar-refractivity contribution is 0.205. The third-order valence-corrected chi connectivity index (χ3v) is 4.39. The Balaban J connectivity index is 0.00000112. The van der Waals surface area contributed by atoms with Crippen LogP contribution in [0.5, 0.6) is 0 Å². The Morgan fingerprint density at radius 2 is 1.00 bits per heavy atom. The first-order chi connectivity index (χ1) is 6.88. The van der Waals surface area contributed by atoms with E-state index in [2.05, 4.69) is 0 Å². The fraction of sp³-hybridized carbons (Fsp3) is 1.00. The smallest absolute Gasteiger partial charge is 0.00956 e. The van der Waals surface area contributed by atoms with Crippen molar-refractivity contribution in [3.63, 3.8) is 0 Å². The van der Waals surface area contributed by atoms with Gasteiger partial charge in [0.1, 0.15) is 0 Å². The lowest BCUT2D eigenvalue weighted by Gasteiger charge is -2.35. The van der Waals surface area contributed by atoms with Crippen molar-refractivity contribution in [2.45, 2.75) is 70.3 Å². The highest BCUT2D eigenvalue weighted by atomic mass is 19.0. The number of nitrogens with two attached hydrogens (primary N) is 1. The molecule has 90 valence electrons. The van der Waals surface area contributed by atoms with Crippen molar-refractivity contribution >= 4 is 0 Å². The molecule has 2 fully saturated rings. The van der Waals surface area contributed by atoms with Crippen LogP contribution in [0.2, 0.25) is 0 Å². The van der Waals surface area contributed by atoms with E-state index in [4.69, 9.17) is 5.73 Å². The van der Waals surface area contributed by atoms with Gasteiger partial charge in [-0.15, -0.1) is 0 Å². The summed E-state index contributed by atoms with van der Waals surface area (Å²) in [7, 11) is 0. The van der Waals surface area contributed by atoms with Crippen LogP contribution in [0, 0.1) is 11.8 Å². The van der Waals surface area contributed by atoms with Gasteiger partial charge < -0.3 is 5.73 Å². The second-order valence-corrected chi connectivity index (χ2v) is 5.37. The zero-order valence-corrected chi connectivity index (χ0v) is 9.79. The van der Waals surface area contributed by atoms with Gasteiger partial charge in [-0.25, -0.2) is 0 Å². The predicted octanol–water partition coefficient (Wildman–Crippen LogP) is 3.63. The number of hydrogen-bond donors (Lipinski definition) is 1. The summed E-state index contributed by atoms with van der Waals surface area (Å²) in [6, 6.07) is 0.538. The van der Waals surface area contributed by atoms with E-state index >= 15 is 0 Å². The van der Waals surface area contributed by atoms with E-state index in [1.807, 2.05) is 0 Å². The van der Waals surface area contributed by atoms with Gasteiger partial charge in [0.25, 0.3) is 0 Å². The van der Waals surface area contributed by atoms with Crippen LogP contribution in [0.4, 0.5) is 4.70 Å². The van der Waals surface area contributed by atoms with E-state index in [0.29, 0.717) is 6.04 Å². The maximum Gasteiger partial charge on any atom is 0.00956 e. The molecule has 0 radical (unpaired) electrons. The van der Waals surface area contributed by atoms with Crippen LogP contribution in [0.3, 0.4) is 0 Å². The Labute approximate surface area is 93.2 Å². The molecule has 2 aliphatic rings. The standard InChI is InChI=1S/C13H25N.FH/c14-13(11-7-3-1-4-8-11)12-9-5-2-6-10-12;/h11-13H,1-10,14H2;1H. The molecule has 2 saturated carbocycles. The van der Waals surface area contributed by atoms with Crippen molar-refractivity contribution in [3.8, 4) is 0 Å². The van der Waals surface area contributed by atoms with Crippen molar-refractivity contribution in [3.05, 3.63) is 0 Å². The summed E-state index contributed by atoms with van der Waals surface area (Å²) >= 11 is 0. The molecule has 2 rings (SSSR count). The monoisotopic (exact) mass is 215 g/mol. The van der Waals surface area contributed by atoms with Crippen LogP contribution in [0.1, 0.15) is 64.2 Å². The van der Waals surface area contributed by atoms with Crippen molar-refractivity contribution in [2.75, 3.05) is 0 Å². The highest BCUT2D eigenvalue weighted by Crippen LogP contribution is 2.34. The van der Waals surface area contributed by atoms with E-state index in [9.17, 15) is 0 Å². The molecule has 0 bridgehead atoms. The summed E-state index contributed by atoms with van der Waals surface area (Å²) in [5.41, 5.74) is 6.42. The van der Waals surface area contributed by atoms with Crippen molar-refractivity contribution in [2.24, 2.45) is 17.6 Å². The van der Waals surface area contributed by atoms with Crippen LogP contribution in [-0.2, 0) is 0 Å². The molecule has 2 aliphatic carbocycles. The molecule has 0 amide bonds. The SMILES string of the molecule is F.NC(C1CCCCC1)C1CCCCC1. The minimum Gasteiger partial charge on any atom is -0.327 e. The largest absolute Gasteiger partial charge is 0.327 e. The molecule has 0 aromatic heterocycles. The molecule has 2 N–H and O–H groups in total. The Hall–Kier alpha value is -0.110. The fourth-order valence-corrected chi connectivity index (χ4v) is 3.42. The highest BCUT2D eigenvalue weighted by molar-refractivity contribution is 4.83. The minimum absolute atomic E-state index is 0. The molecule has 0 spiro atoms. The topological polar surface area (TPSA) is 26.0 Å². The summed E-state index contributed by atoms with van der Waals surface area (Å²) in [6.07, 6.45) is 14.3. The van der Waals surface area contributed by atoms with Crippen molar-refractivity contribution < 1.29 is 4.70 Å². The van der Waals surface area contributed by atoms with Gasteiger partial charge in [0.05, 0.1) is 0 Å². The Morgan fingerprint density at radius 1 is 0.667 bits per heavy atom. The normalized spacial score (nSPS) is 25.2. The summed E-state index contributed by atoms with van der Waals surface area (Å²) in [6.45, 7) is 0. The highest BCUT2D eigenvalue weighted by Gasteiger charge is 2.28. The summed E-state index contributed by atoms with van der Waals surface area (Å²) < 4.78 is 0. The van der Waals surface area contributed by atoms with Crippen LogP contribution in [0.25, 0.3) is 0 Å². The molecule has 0 saturated heterocycles. The molecule has 15 heavy (non-hydrogen) atoms. The molecule has 0 unspecified atom stereocenters. The predicted molar refractivity (Wildman–Crippen MR) is 63.6 cm³/mol. The summed E-state index contributed by atoms with van der Waals surface area (Å²) in [5, 5.41) is 0. The molecule has 0 heterocycles. The number of halogens is 1. The molecule has 0 atom stereocenters. The van der Waals surface area contributed by atoms with Gasteiger partial charge in [0.2, 0.25) is 0 Å². The number of hydrogen-bond acceptors (Lipinski definition) is 1. The summed E-state index contributed by atoms with van der Waals surface area (Å²) in [4.78, 5) is 0. The van der Waals surface area contributed by atoms with Crippen LogP contribution in [0.15, 0.2) is 0 Å². The average Bonchev–Trinajstić information content (AvgIpc) is 2.30. The molecule has 2 heteroatoms. The van der Waals surface area contributed by atoms with Gasteiger partial charge in [0.15, 0.2) is 0 Å². The first kappa shape index (κ1) is 13.0. The molecular weight excluding hydrogens is 189 g/mol. The molecule has 0 aromatic rings. The lowest BCUT2D eigenvalue weighted by Crippen LogP contribution is -2.39. The molecule has 1 nitrogen and oxygen atoms in total. The van der Waals surface area contributed by atoms with Crippen LogP contribution < -0.4 is 5.73 Å². The van der Waals surface area contributed by atoms with Gasteiger partial charge in [0, 0.05) is 6.04 Å². The maximum absolute atomic E-state index is 6.42. The lowest BCUT2D eigenvalue weighted by atomic mass is 9.74. The van der Waals surface area contributed by atoms with Gasteiger partial charge >= 0.3 is 0 Å². The van der Waals surface area contributed by atoms with Crippen LogP contribution in [-0.4, -0.2) is 6.04 Å². The quantitative estimate of drug-likeness (QED) is 0.748. The van der Waals surface area contributed by atoms with Gasteiger partial charge in [-0.3, -0.25) is 4.70 Å². The zero-order chi connectivity index (χ0) is 9.80.